The molecule has 9 nitrogen and oxygen atoms in total. The van der Waals surface area contributed by atoms with Crippen molar-refractivity contribution in [3.63, 3.8) is 0 Å². The molecule has 0 saturated carbocycles. The number of hydrogen-bond donors (Lipinski definition) is 2. The van der Waals surface area contributed by atoms with Crippen LogP contribution in [0.1, 0.15) is 45.6 Å². The van der Waals surface area contributed by atoms with Crippen LogP contribution < -0.4 is 5.32 Å². The number of thiophene rings is 1. The van der Waals surface area contributed by atoms with E-state index in [4.69, 9.17) is 22.1 Å². The van der Waals surface area contributed by atoms with E-state index in [0.29, 0.717) is 49.0 Å². The third-order valence-corrected chi connectivity index (χ3v) is 10.1. The highest BCUT2D eigenvalue weighted by Crippen LogP contribution is 2.41. The molecule has 0 aliphatic carbocycles. The molecule has 1 atom stereocenters. The molecular weight excluding hydrogens is 745 g/mol. The molecule has 2 fully saturated rings. The van der Waals surface area contributed by atoms with E-state index in [1.165, 1.54) is 46.7 Å². The Bertz CT molecular complexity index is 1840. The fraction of sp³-hybridized carbons (Fsp3) is 0.303. The number of anilines is 1. The van der Waals surface area contributed by atoms with Crippen LogP contribution in [0.3, 0.4) is 0 Å². The molecule has 2 aromatic carbocycles. The van der Waals surface area contributed by atoms with Crippen molar-refractivity contribution in [3.8, 4) is 11.1 Å². The summed E-state index contributed by atoms with van der Waals surface area (Å²) in [5.41, 5.74) is -2.84. The van der Waals surface area contributed by atoms with Crippen LogP contribution in [-0.2, 0) is 31.5 Å². The third kappa shape index (κ3) is 9.55. The van der Waals surface area contributed by atoms with Crippen LogP contribution in [0.2, 0.25) is 0 Å². The van der Waals surface area contributed by atoms with E-state index >= 15 is 0 Å². The van der Waals surface area contributed by atoms with Crippen LogP contribution in [-0.4, -0.2) is 75.3 Å². The molecule has 0 unspecified atom stereocenters. The first kappa shape index (κ1) is 38.0. The number of hydrogen-bond acceptors (Lipinski definition) is 8. The van der Waals surface area contributed by atoms with Gasteiger partial charge in [0.1, 0.15) is 4.32 Å². The Morgan fingerprint density at radius 2 is 1.59 bits per heavy atom. The molecule has 2 saturated heterocycles. The summed E-state index contributed by atoms with van der Waals surface area (Å²) in [6.45, 7) is 1.53. The summed E-state index contributed by atoms with van der Waals surface area (Å²) in [5, 5.41) is 13.2. The maximum atomic E-state index is 13.7. The van der Waals surface area contributed by atoms with Gasteiger partial charge in [0.05, 0.1) is 34.8 Å². The summed E-state index contributed by atoms with van der Waals surface area (Å²) in [5.74, 6) is -2.49. The highest BCUT2D eigenvalue weighted by atomic mass is 32.2. The van der Waals surface area contributed by atoms with Gasteiger partial charge in [0.15, 0.2) is 0 Å². The lowest BCUT2D eigenvalue weighted by molar-refractivity contribution is -0.143. The van der Waals surface area contributed by atoms with Crippen molar-refractivity contribution in [1.29, 1.82) is 0 Å². The minimum absolute atomic E-state index is 0.00981. The second-order valence-electron chi connectivity index (χ2n) is 11.4. The van der Waals surface area contributed by atoms with Crippen molar-refractivity contribution < 1.29 is 55.4 Å². The molecule has 2 aliphatic heterocycles. The smallest absolute Gasteiger partial charge is 0.416 e. The zero-order valence-corrected chi connectivity index (χ0v) is 28.6. The molecule has 3 heterocycles. The number of benzene rings is 2. The summed E-state index contributed by atoms with van der Waals surface area (Å²) in [4.78, 5) is 54.3. The number of carbonyl (C=O) groups is 4. The average molecular weight is 772 g/mol. The van der Waals surface area contributed by atoms with Gasteiger partial charge in [0.2, 0.25) is 11.8 Å². The Balaban J connectivity index is 1.37. The van der Waals surface area contributed by atoms with E-state index in [1.54, 1.807) is 4.90 Å². The first-order valence-electron chi connectivity index (χ1n) is 15.1. The number of halogens is 6. The summed E-state index contributed by atoms with van der Waals surface area (Å²) in [6, 6.07) is 7.18. The molecule has 0 spiro atoms. The van der Waals surface area contributed by atoms with Crippen molar-refractivity contribution in [2.24, 2.45) is 0 Å². The van der Waals surface area contributed by atoms with Crippen molar-refractivity contribution >= 4 is 75.1 Å². The number of morpholine rings is 1. The van der Waals surface area contributed by atoms with E-state index in [-0.39, 0.29) is 57.2 Å². The number of carboxylic acid groups (broad SMARTS) is 1. The number of rotatable bonds is 10. The van der Waals surface area contributed by atoms with Crippen molar-refractivity contribution in [1.82, 2.24) is 9.80 Å². The van der Waals surface area contributed by atoms with Gasteiger partial charge in [-0.15, -0.1) is 11.3 Å². The van der Waals surface area contributed by atoms with Gasteiger partial charge in [-0.05, 0) is 77.5 Å². The maximum absolute atomic E-state index is 13.7. The normalized spacial score (nSPS) is 16.9. The Morgan fingerprint density at radius 3 is 2.18 bits per heavy atom. The predicted molar refractivity (Wildman–Crippen MR) is 182 cm³/mol. The Labute approximate surface area is 300 Å². The second-order valence-corrected chi connectivity index (χ2v) is 14.0. The predicted octanol–water partition coefficient (Wildman–Crippen LogP) is 7.39. The molecule has 51 heavy (non-hydrogen) atoms. The monoisotopic (exact) mass is 771 g/mol. The van der Waals surface area contributed by atoms with Gasteiger partial charge in [-0.25, -0.2) is 4.79 Å². The number of nitrogens with zero attached hydrogens (tertiary/aromatic N) is 2. The quantitative estimate of drug-likeness (QED) is 0.125. The molecular formula is C33H27F6N3O6S3. The SMILES string of the molecule is O=C(C[C@@H](CCC(=O)N1CCOCC1)N1C(=O)/C(=C/c2cc(-c3cc(C(F)(F)F)cc(C(F)(F)F)c3)cs2)SC1=S)Nc1ccc(C(=O)O)cc1. The minimum Gasteiger partial charge on any atom is -0.478 e. The molecule has 1 aromatic heterocycles. The Hall–Kier alpha value is -4.26. The fourth-order valence-corrected chi connectivity index (χ4v) is 7.64. The Morgan fingerprint density at radius 1 is 0.961 bits per heavy atom. The summed E-state index contributed by atoms with van der Waals surface area (Å²) >= 11 is 7.40. The number of thioether (sulfide) groups is 1. The number of alkyl halides is 6. The van der Waals surface area contributed by atoms with Gasteiger partial charge in [-0.2, -0.15) is 26.3 Å². The number of carbonyl (C=O) groups excluding carboxylic acids is 3. The number of ether oxygens (including phenoxy) is 1. The van der Waals surface area contributed by atoms with Crippen molar-refractivity contribution in [2.45, 2.75) is 37.7 Å². The second kappa shape index (κ2) is 15.5. The standard InChI is InChI=1S/C33H27F6N3O6S3/c34-32(35,36)21-11-19(12-22(14-21)33(37,38)39)20-13-25(50-17-20)16-26-29(45)42(31(49)51-26)24(5-6-28(44)41-7-9-48-10-8-41)15-27(43)40-23-3-1-18(2-4-23)30(46)47/h1-4,11-14,16-17,24H,5-10,15H2,(H,40,43)(H,46,47)/b26-16-/t24-/m1/s1. The zero-order valence-electron chi connectivity index (χ0n) is 26.2. The van der Waals surface area contributed by atoms with E-state index in [0.717, 1.165) is 23.1 Å². The number of nitrogens with one attached hydrogen (secondary N) is 1. The van der Waals surface area contributed by atoms with Gasteiger partial charge in [0, 0.05) is 42.5 Å². The van der Waals surface area contributed by atoms with Crippen molar-refractivity contribution in [2.75, 3.05) is 31.6 Å². The number of aromatic carboxylic acids is 1. The highest BCUT2D eigenvalue weighted by Gasteiger charge is 2.39. The lowest BCUT2D eigenvalue weighted by Gasteiger charge is -2.29. The molecule has 2 N–H and O–H groups in total. The first-order chi connectivity index (χ1) is 24.0. The van der Waals surface area contributed by atoms with E-state index < -0.39 is 47.3 Å². The summed E-state index contributed by atoms with van der Waals surface area (Å²) in [7, 11) is 0. The minimum atomic E-state index is -5.02. The number of carboxylic acids is 1. The van der Waals surface area contributed by atoms with Crippen LogP contribution in [0.15, 0.2) is 58.8 Å². The third-order valence-electron chi connectivity index (χ3n) is 7.89. The van der Waals surface area contributed by atoms with Gasteiger partial charge in [-0.3, -0.25) is 19.3 Å². The van der Waals surface area contributed by atoms with Gasteiger partial charge < -0.3 is 20.1 Å². The first-order valence-corrected chi connectivity index (χ1v) is 17.2. The van der Waals surface area contributed by atoms with E-state index in [2.05, 4.69) is 5.32 Å². The van der Waals surface area contributed by atoms with Crippen LogP contribution >= 0.6 is 35.3 Å². The molecule has 5 rings (SSSR count). The van der Waals surface area contributed by atoms with Gasteiger partial charge in [0.25, 0.3) is 5.91 Å². The van der Waals surface area contributed by atoms with Crippen molar-refractivity contribution in [3.05, 3.63) is 80.4 Å². The molecule has 2 aliphatic rings. The topological polar surface area (TPSA) is 116 Å². The lowest BCUT2D eigenvalue weighted by atomic mass is 10.0. The molecule has 0 radical (unpaired) electrons. The van der Waals surface area contributed by atoms with Gasteiger partial charge >= 0.3 is 18.3 Å². The largest absolute Gasteiger partial charge is 0.478 e. The number of amides is 3. The molecule has 270 valence electrons. The van der Waals surface area contributed by atoms with Crippen LogP contribution in [0, 0.1) is 0 Å². The molecule has 0 bridgehead atoms. The highest BCUT2D eigenvalue weighted by molar-refractivity contribution is 8.26. The molecule has 18 heteroatoms. The molecule has 3 aromatic rings. The van der Waals surface area contributed by atoms with Crippen LogP contribution in [0.5, 0.6) is 0 Å². The zero-order chi connectivity index (χ0) is 37.1. The van der Waals surface area contributed by atoms with E-state index in [9.17, 15) is 45.5 Å². The molecule has 3 amide bonds. The van der Waals surface area contributed by atoms with E-state index in [1.807, 2.05) is 0 Å². The summed E-state index contributed by atoms with van der Waals surface area (Å²) < 4.78 is 86.0. The maximum Gasteiger partial charge on any atom is 0.416 e. The average Bonchev–Trinajstić information content (AvgIpc) is 3.65. The lowest BCUT2D eigenvalue weighted by Crippen LogP contribution is -2.43. The fourth-order valence-electron chi connectivity index (χ4n) is 5.33. The number of thiocarbonyl (C=S) groups is 1. The van der Waals surface area contributed by atoms with Crippen LogP contribution in [0.4, 0.5) is 32.0 Å². The van der Waals surface area contributed by atoms with Crippen LogP contribution in [0.25, 0.3) is 17.2 Å². The van der Waals surface area contributed by atoms with Gasteiger partial charge in [-0.1, -0.05) is 24.0 Å². The summed E-state index contributed by atoms with van der Waals surface area (Å²) in [6.07, 6.45) is -8.88. The Kier molecular flexibility index (Phi) is 11.6.